The molecular weight excluding hydrogens is 1350 g/mol. The van der Waals surface area contributed by atoms with E-state index in [2.05, 4.69) is 63.0 Å². The van der Waals surface area contributed by atoms with Crippen molar-refractivity contribution >= 4 is 62.5 Å². The largest absolute Gasteiger partial charge is 0 e. The third-order valence-electron chi connectivity index (χ3n) is 9.56. The molecule has 0 fully saturated rings. The molecule has 0 spiro atoms. The summed E-state index contributed by atoms with van der Waals surface area (Å²) in [7, 11) is 0. The van der Waals surface area contributed by atoms with E-state index in [-0.39, 0.29) is 143 Å². The Hall–Kier alpha value is -6.34. The Morgan fingerprint density at radius 1 is 0.542 bits per heavy atom. The van der Waals surface area contributed by atoms with E-state index < -0.39 is 26.6 Å². The second kappa shape index (κ2) is 50.2. The number of carboxylic acid groups (broad SMARTS) is 1. The molecule has 0 saturated heterocycles. The maximum atomic E-state index is 11.8. The zero-order valence-corrected chi connectivity index (χ0v) is 55.5. The smallest absolute Gasteiger partial charge is 0 e. The number of hydrazine groups is 1. The first kappa shape index (κ1) is 85.5. The van der Waals surface area contributed by atoms with Crippen molar-refractivity contribution in [2.45, 2.75) is 56.4 Å². The van der Waals surface area contributed by atoms with E-state index in [9.17, 15) is 28.8 Å². The van der Waals surface area contributed by atoms with Crippen LogP contribution in [0.4, 0.5) is 0 Å². The van der Waals surface area contributed by atoms with Gasteiger partial charge in [0.25, 0.3) is 5.97 Å². The van der Waals surface area contributed by atoms with Gasteiger partial charge in [0.2, 0.25) is 23.4 Å². The minimum absolute atomic E-state index is 0. The number of ketones is 3. The van der Waals surface area contributed by atoms with Gasteiger partial charge in [-0.1, -0.05) is 151 Å². The number of amides is 2. The van der Waals surface area contributed by atoms with Crippen molar-refractivity contribution in [1.29, 1.82) is 0 Å². The summed E-state index contributed by atoms with van der Waals surface area (Å²) in [6, 6.07) is 59.0. The quantitative estimate of drug-likeness (QED) is 0.00978. The van der Waals surface area contributed by atoms with Crippen molar-refractivity contribution in [2.75, 3.05) is 0 Å². The molecule has 0 atom stereocenters. The number of benzene rings is 7. The van der Waals surface area contributed by atoms with Crippen molar-refractivity contribution in [1.82, 2.24) is 32.2 Å². The third-order valence-corrected chi connectivity index (χ3v) is 9.56. The molecule has 83 heavy (non-hydrogen) atoms. The van der Waals surface area contributed by atoms with Gasteiger partial charge in [0.1, 0.15) is 0 Å². The summed E-state index contributed by atoms with van der Waals surface area (Å²) in [6.07, 6.45) is 3.10. The summed E-state index contributed by atoms with van der Waals surface area (Å²) in [6.45, 7) is 10.6. The molecule has 0 saturated carbocycles. The molecule has 1 heterocycles. The van der Waals surface area contributed by atoms with Gasteiger partial charge in [-0.05, 0) is 34.6 Å². The molecule has 1 aromatic heterocycles. The van der Waals surface area contributed by atoms with Crippen LogP contribution in [0.5, 0.6) is 0 Å². The van der Waals surface area contributed by atoms with Crippen molar-refractivity contribution in [3.8, 4) is 22.6 Å². The summed E-state index contributed by atoms with van der Waals surface area (Å²) < 4.78 is 16.9. The fourth-order valence-electron chi connectivity index (χ4n) is 5.57. The maximum Gasteiger partial charge on any atom is 0 e. The summed E-state index contributed by atoms with van der Waals surface area (Å²) in [5.41, 5.74) is 14.5. The number of aryl methyl sites for hydroxylation is 4. The number of nitrogen functional groups attached to an aromatic ring is 1. The number of aldehydes is 1. The van der Waals surface area contributed by atoms with Crippen LogP contribution in [0.2, 0.25) is 0 Å². The van der Waals surface area contributed by atoms with Gasteiger partial charge in [0.15, 0.2) is 17.9 Å². The van der Waals surface area contributed by atoms with Crippen molar-refractivity contribution < 1.29 is 144 Å². The predicted octanol–water partition coefficient (Wildman–Crippen LogP) is 10.3. The monoisotopic (exact) mass is 1420 g/mol. The first-order chi connectivity index (χ1) is 36.9. The zero-order valence-electron chi connectivity index (χ0n) is 45.2. The maximum absolute atomic E-state index is 11.8. The number of carbonyl (C=O) groups excluding carboxylic acids is 6. The molecule has 2 amide bonds. The minimum atomic E-state index is -1.62. The Morgan fingerprint density at radius 2 is 0.892 bits per heavy atom. The van der Waals surface area contributed by atoms with Gasteiger partial charge in [0, 0.05) is 127 Å². The molecule has 8 N–H and O–H groups in total. The first-order valence-corrected chi connectivity index (χ1v) is 24.2. The standard InChI is InChI=1S/C16H12N3.C16H13N2O2.C9H8O2.C9H10O.C7H7N2O.C2H4O2.2CH4.H3N.O2Se.3Y/c1-12-7-9-13(10-8-12)15-11-17-19-16(18-15)14-5-3-2-4-6-14;1-12-7-9-13(10-8-12)15(19)11-17-18-16(20)14-5-3-2-4-6-14;1-7-2-4-8(5-3-7)9(11)6-10;1-7-3-5-9(6-4-7)8(2)10;8-9-7(10)6-4-2-1-3-5-6;1-2(3)4;;;;1-3-2;;;/h3-11H,1H3;3-11H,1H3,(H,18,20);2-6H,1H3;3-6H,1-2H3;2-5H,8H2,(H,9,10);1H3,(H,3,4);2*1H4;1H3;;;;/q2*-1;;;-1;;;;;;;;/b;17-11+;;;;;;;;;;;. The van der Waals surface area contributed by atoms with E-state index in [0.717, 1.165) is 46.6 Å². The number of hydrazone groups is 1. The summed E-state index contributed by atoms with van der Waals surface area (Å²) in [4.78, 5) is 79.3. The second-order valence-corrected chi connectivity index (χ2v) is 15.9. The number of rotatable bonds is 10. The Labute approximate surface area is 567 Å². The van der Waals surface area contributed by atoms with E-state index in [0.29, 0.717) is 34.4 Å². The normalized spacial score (nSPS) is 8.76. The Balaban J connectivity index is -0.000000299. The van der Waals surface area contributed by atoms with Gasteiger partial charge in [-0.3, -0.25) is 39.0 Å². The number of nitrogens with zero attached hydrogens (tertiary/aromatic N) is 4. The van der Waals surface area contributed by atoms with Crippen LogP contribution in [0, 0.1) is 45.9 Å². The fraction of sp³-hybridized carbons (Fsp3) is 0.131. The third kappa shape index (κ3) is 36.8. The molecule has 427 valence electrons. The molecule has 0 unspecified atom stereocenters. The number of aromatic nitrogens is 3. The number of carboxylic acids is 1. The number of hydrogen-bond acceptors (Lipinski definition) is 15. The number of aliphatic carboxylic acids is 1. The van der Waals surface area contributed by atoms with Crippen LogP contribution < -0.4 is 22.8 Å². The number of carbonyl (C=O) groups is 7. The van der Waals surface area contributed by atoms with Crippen LogP contribution in [-0.4, -0.2) is 82.7 Å². The number of nitrogens with two attached hydrogens (primary N) is 1. The van der Waals surface area contributed by atoms with E-state index in [1.54, 1.807) is 98.0 Å². The molecule has 7 aromatic carbocycles. The molecule has 8 aromatic rings. The minimum Gasteiger partial charge on any atom is 0 e. The average Bonchev–Trinajstić information content (AvgIpc) is 3.45. The molecule has 3 radical (unpaired) electrons. The van der Waals surface area contributed by atoms with E-state index in [4.69, 9.17) is 23.4 Å². The van der Waals surface area contributed by atoms with Crippen molar-refractivity contribution in [3.63, 3.8) is 0 Å². The Kier molecular flexibility index (Phi) is 51.7. The summed E-state index contributed by atoms with van der Waals surface area (Å²) in [5, 5.41) is 19.2. The molecule has 0 aliphatic rings. The number of hydrogen-bond donors (Lipinski definition) is 5. The molecule has 0 bridgehead atoms. The summed E-state index contributed by atoms with van der Waals surface area (Å²) >= 11 is -1.62. The Bertz CT molecular complexity index is 3190. The molecule has 18 nitrogen and oxygen atoms in total. The van der Waals surface area contributed by atoms with Gasteiger partial charge in [0.05, 0.1) is 18.1 Å². The molecular formula is C61H65N8O10SeY3-3. The van der Waals surface area contributed by atoms with Crippen molar-refractivity contribution in [3.05, 3.63) is 244 Å². The van der Waals surface area contributed by atoms with Gasteiger partial charge in [-0.25, -0.2) is 16.3 Å². The van der Waals surface area contributed by atoms with Gasteiger partial charge >= 0.3 is 22.5 Å². The van der Waals surface area contributed by atoms with Gasteiger partial charge < -0.3 is 11.3 Å². The average molecular weight is 1420 g/mol. The van der Waals surface area contributed by atoms with Crippen LogP contribution in [0.25, 0.3) is 22.6 Å². The van der Waals surface area contributed by atoms with Crippen LogP contribution in [-0.2, 0) is 115 Å². The van der Waals surface area contributed by atoms with Gasteiger partial charge in [-0.15, -0.1) is 5.10 Å². The second-order valence-electron chi connectivity index (χ2n) is 15.7. The Morgan fingerprint density at radius 3 is 1.27 bits per heavy atom. The number of Topliss-reactive ketones (excluding diaryl/α,β-unsaturated/α-hetero) is 3. The molecule has 8 rings (SSSR count). The zero-order chi connectivity index (χ0) is 57.0. The van der Waals surface area contributed by atoms with E-state index in [1.165, 1.54) is 11.1 Å². The predicted molar refractivity (Wildman–Crippen MR) is 310 cm³/mol. The van der Waals surface area contributed by atoms with Crippen LogP contribution in [0.3, 0.4) is 0 Å². The van der Waals surface area contributed by atoms with Crippen LogP contribution >= 0.6 is 0 Å². The SMILES string of the molecule is C.C.CC(=O)O.CC(=O)c1ccc(C)cc1.Cc1ccc(-c2cnnc(-c3cc[c-]cc3)n2)cc1.Cc1ccc(C(=O)/C=N/NC(=O)c2cc[c-]cc2)cc1.Cc1ccc(C(=O)C=O)cc1.N.NNC(=O)c1cc[c-]cc1.O=[Se]=O.[Y].[Y].[Y]. The molecule has 0 aliphatic carbocycles. The van der Waals surface area contributed by atoms with Crippen molar-refractivity contribution in [2.24, 2.45) is 10.9 Å². The van der Waals surface area contributed by atoms with E-state index >= 15 is 0 Å². The fourth-order valence-corrected chi connectivity index (χ4v) is 5.57. The topological polar surface area (TPSA) is 310 Å². The summed E-state index contributed by atoms with van der Waals surface area (Å²) in [5.74, 6) is 3.44. The van der Waals surface area contributed by atoms with Gasteiger partial charge in [-0.2, -0.15) is 101 Å². The molecule has 0 aliphatic heterocycles. The number of nitrogens with one attached hydrogen (secondary N) is 2. The van der Waals surface area contributed by atoms with Crippen LogP contribution in [0.15, 0.2) is 181 Å². The first-order valence-electron chi connectivity index (χ1n) is 22.8. The van der Waals surface area contributed by atoms with Crippen LogP contribution in [0.1, 0.15) is 103 Å². The van der Waals surface area contributed by atoms with E-state index in [1.807, 2.05) is 99.0 Å². The molecule has 22 heteroatoms.